The zero-order valence-corrected chi connectivity index (χ0v) is 12.5. The minimum atomic E-state index is 0.0747. The van der Waals surface area contributed by atoms with E-state index in [9.17, 15) is 0 Å². The minimum absolute atomic E-state index is 0.0747. The predicted octanol–water partition coefficient (Wildman–Crippen LogP) is 3.12. The number of halogens is 1. The third kappa shape index (κ3) is 3.05. The van der Waals surface area contributed by atoms with Crippen molar-refractivity contribution in [2.75, 3.05) is 20.8 Å². The van der Waals surface area contributed by atoms with E-state index >= 15 is 0 Å². The maximum absolute atomic E-state index is 5.59. The number of rotatable bonds is 6. The summed E-state index contributed by atoms with van der Waals surface area (Å²) in [5.74, 6) is 0.889. The molecule has 100 valence electrons. The molecule has 3 nitrogen and oxygen atoms in total. The highest BCUT2D eigenvalue weighted by molar-refractivity contribution is 9.10. The first-order valence-electron chi connectivity index (χ1n) is 6.27. The molecular formula is C14H20BrNO2. The molecule has 18 heavy (non-hydrogen) atoms. The van der Waals surface area contributed by atoms with Crippen LogP contribution in [-0.4, -0.2) is 26.4 Å². The molecule has 4 heteroatoms. The smallest absolute Gasteiger partial charge is 0.119 e. The van der Waals surface area contributed by atoms with Gasteiger partial charge in [-0.05, 0) is 43.0 Å². The molecule has 1 aliphatic rings. The number of ether oxygens (including phenoxy) is 2. The molecule has 2 rings (SSSR count). The summed E-state index contributed by atoms with van der Waals surface area (Å²) in [5.41, 5.74) is 1.28. The molecule has 0 atom stereocenters. The number of nitrogens with one attached hydrogen (secondary N) is 1. The summed E-state index contributed by atoms with van der Waals surface area (Å²) < 4.78 is 11.9. The van der Waals surface area contributed by atoms with Gasteiger partial charge in [0, 0.05) is 24.7 Å². The van der Waals surface area contributed by atoms with Gasteiger partial charge in [0.05, 0.1) is 12.7 Å². The summed E-state index contributed by atoms with van der Waals surface area (Å²) in [6.07, 6.45) is 3.60. The Morgan fingerprint density at radius 2 is 2.11 bits per heavy atom. The molecule has 1 aromatic rings. The Morgan fingerprint density at radius 3 is 2.67 bits per heavy atom. The van der Waals surface area contributed by atoms with Crippen LogP contribution in [0.1, 0.15) is 24.8 Å². The second-order valence-corrected chi connectivity index (χ2v) is 5.66. The molecule has 1 aliphatic carbocycles. The SMILES string of the molecule is COc1ccc(Br)c(CNCC2(OC)CCC2)c1. The Kier molecular flexibility index (Phi) is 4.65. The third-order valence-corrected chi connectivity index (χ3v) is 4.49. The predicted molar refractivity (Wildman–Crippen MR) is 76.0 cm³/mol. The molecule has 0 spiro atoms. The fourth-order valence-electron chi connectivity index (χ4n) is 2.26. The minimum Gasteiger partial charge on any atom is -0.497 e. The average Bonchev–Trinajstić information content (AvgIpc) is 2.35. The van der Waals surface area contributed by atoms with Gasteiger partial charge in [0.1, 0.15) is 5.75 Å². The quantitative estimate of drug-likeness (QED) is 0.875. The topological polar surface area (TPSA) is 30.5 Å². The van der Waals surface area contributed by atoms with Crippen molar-refractivity contribution < 1.29 is 9.47 Å². The fourth-order valence-corrected chi connectivity index (χ4v) is 2.65. The number of benzene rings is 1. The van der Waals surface area contributed by atoms with Crippen molar-refractivity contribution >= 4 is 15.9 Å². The van der Waals surface area contributed by atoms with Crippen LogP contribution in [0.25, 0.3) is 0 Å². The summed E-state index contributed by atoms with van der Waals surface area (Å²) in [5, 5.41) is 3.48. The first-order chi connectivity index (χ1) is 8.69. The zero-order chi connectivity index (χ0) is 13.0. The lowest BCUT2D eigenvalue weighted by Gasteiger charge is -2.40. The number of hydrogen-bond acceptors (Lipinski definition) is 3. The second-order valence-electron chi connectivity index (χ2n) is 4.80. The van der Waals surface area contributed by atoms with Crippen molar-refractivity contribution in [3.8, 4) is 5.75 Å². The molecule has 0 unspecified atom stereocenters. The van der Waals surface area contributed by atoms with Gasteiger partial charge in [-0.15, -0.1) is 0 Å². The number of hydrogen-bond donors (Lipinski definition) is 1. The van der Waals surface area contributed by atoms with Crippen molar-refractivity contribution in [3.05, 3.63) is 28.2 Å². The Bertz CT molecular complexity index is 399. The lowest BCUT2D eigenvalue weighted by atomic mass is 9.80. The maximum Gasteiger partial charge on any atom is 0.119 e. The number of methoxy groups -OCH3 is 2. The van der Waals surface area contributed by atoms with Gasteiger partial charge < -0.3 is 14.8 Å². The van der Waals surface area contributed by atoms with E-state index in [1.54, 1.807) is 7.11 Å². The summed E-state index contributed by atoms with van der Waals surface area (Å²) in [4.78, 5) is 0. The average molecular weight is 314 g/mol. The molecular weight excluding hydrogens is 294 g/mol. The van der Waals surface area contributed by atoms with Crippen molar-refractivity contribution in [2.45, 2.75) is 31.4 Å². The largest absolute Gasteiger partial charge is 0.497 e. The molecule has 0 heterocycles. The zero-order valence-electron chi connectivity index (χ0n) is 11.0. The maximum atomic E-state index is 5.59. The van der Waals surface area contributed by atoms with Gasteiger partial charge >= 0.3 is 0 Å². The van der Waals surface area contributed by atoms with Crippen LogP contribution >= 0.6 is 15.9 Å². The van der Waals surface area contributed by atoms with E-state index in [2.05, 4.69) is 27.3 Å². The Labute approximate surface area is 117 Å². The van der Waals surface area contributed by atoms with Crippen LogP contribution in [-0.2, 0) is 11.3 Å². The van der Waals surface area contributed by atoms with E-state index in [1.165, 1.54) is 12.0 Å². The fraction of sp³-hybridized carbons (Fsp3) is 0.571. The van der Waals surface area contributed by atoms with E-state index in [4.69, 9.17) is 9.47 Å². The van der Waals surface area contributed by atoms with E-state index in [1.807, 2.05) is 19.2 Å². The second kappa shape index (κ2) is 6.04. The molecule has 0 bridgehead atoms. The Morgan fingerprint density at radius 1 is 1.33 bits per heavy atom. The van der Waals surface area contributed by atoms with Gasteiger partial charge in [0.15, 0.2) is 0 Å². The molecule has 0 aromatic heterocycles. The van der Waals surface area contributed by atoms with E-state index in [0.29, 0.717) is 0 Å². The van der Waals surface area contributed by atoms with Gasteiger partial charge in [0.25, 0.3) is 0 Å². The summed E-state index contributed by atoms with van der Waals surface area (Å²) in [6, 6.07) is 6.03. The molecule has 1 fully saturated rings. The van der Waals surface area contributed by atoms with Crippen molar-refractivity contribution in [1.82, 2.24) is 5.32 Å². The Balaban J connectivity index is 1.89. The first-order valence-corrected chi connectivity index (χ1v) is 7.07. The highest BCUT2D eigenvalue weighted by Crippen LogP contribution is 2.34. The van der Waals surface area contributed by atoms with Gasteiger partial charge in [0.2, 0.25) is 0 Å². The molecule has 1 saturated carbocycles. The Hall–Kier alpha value is -0.580. The van der Waals surface area contributed by atoms with Crippen molar-refractivity contribution in [3.63, 3.8) is 0 Å². The van der Waals surface area contributed by atoms with Crippen LogP contribution in [0.15, 0.2) is 22.7 Å². The molecule has 0 saturated heterocycles. The van der Waals surface area contributed by atoms with Gasteiger partial charge in [-0.3, -0.25) is 0 Å². The van der Waals surface area contributed by atoms with E-state index in [0.717, 1.165) is 36.2 Å². The van der Waals surface area contributed by atoms with Crippen LogP contribution in [0, 0.1) is 0 Å². The van der Waals surface area contributed by atoms with Gasteiger partial charge in [-0.25, -0.2) is 0 Å². The summed E-state index contributed by atoms with van der Waals surface area (Å²) in [7, 11) is 3.50. The van der Waals surface area contributed by atoms with Crippen LogP contribution in [0.4, 0.5) is 0 Å². The van der Waals surface area contributed by atoms with Crippen molar-refractivity contribution in [1.29, 1.82) is 0 Å². The van der Waals surface area contributed by atoms with Crippen molar-refractivity contribution in [2.24, 2.45) is 0 Å². The molecule has 1 N–H and O–H groups in total. The standard InChI is InChI=1S/C14H20BrNO2/c1-17-12-4-5-13(15)11(8-12)9-16-10-14(18-2)6-3-7-14/h4-5,8,16H,3,6-7,9-10H2,1-2H3. The molecule has 0 amide bonds. The van der Waals surface area contributed by atoms with Crippen LogP contribution < -0.4 is 10.1 Å². The molecule has 1 aromatic carbocycles. The highest BCUT2D eigenvalue weighted by atomic mass is 79.9. The lowest BCUT2D eigenvalue weighted by molar-refractivity contribution is -0.0695. The monoisotopic (exact) mass is 313 g/mol. The molecule has 0 radical (unpaired) electrons. The van der Waals surface area contributed by atoms with E-state index < -0.39 is 0 Å². The molecule has 0 aliphatic heterocycles. The van der Waals surface area contributed by atoms with Gasteiger partial charge in [-0.1, -0.05) is 15.9 Å². The van der Waals surface area contributed by atoms with Crippen LogP contribution in [0.2, 0.25) is 0 Å². The van der Waals surface area contributed by atoms with Crippen LogP contribution in [0.5, 0.6) is 5.75 Å². The summed E-state index contributed by atoms with van der Waals surface area (Å²) >= 11 is 3.56. The first kappa shape index (κ1) is 13.8. The normalized spacial score (nSPS) is 17.3. The summed E-state index contributed by atoms with van der Waals surface area (Å²) in [6.45, 7) is 1.73. The van der Waals surface area contributed by atoms with E-state index in [-0.39, 0.29) is 5.60 Å². The third-order valence-electron chi connectivity index (χ3n) is 3.71. The van der Waals surface area contributed by atoms with Gasteiger partial charge in [-0.2, -0.15) is 0 Å². The highest BCUT2D eigenvalue weighted by Gasteiger charge is 2.36. The van der Waals surface area contributed by atoms with Crippen LogP contribution in [0.3, 0.4) is 0 Å². The lowest BCUT2D eigenvalue weighted by Crippen LogP contribution is -2.47.